The van der Waals surface area contributed by atoms with Crippen LogP contribution < -0.4 is 4.90 Å². The first kappa shape index (κ1) is 12.7. The molecule has 0 bridgehead atoms. The molecule has 7 heteroatoms. The van der Waals surface area contributed by atoms with Gasteiger partial charge < -0.3 is 9.64 Å². The van der Waals surface area contributed by atoms with Crippen LogP contribution in [0.1, 0.15) is 5.56 Å². The number of ether oxygens (including phenoxy) is 1. The van der Waals surface area contributed by atoms with Crippen molar-refractivity contribution in [1.29, 1.82) is 0 Å². The van der Waals surface area contributed by atoms with Gasteiger partial charge in [-0.15, -0.1) is 0 Å². The minimum atomic E-state index is -4.31. The molecule has 1 fully saturated rings. The standard InChI is InChI=1S/C12H11F3N2OS/c13-12(14,15)8-1-2-9-10(7-8)19-11(16-9)17-3-5-18-6-4-17/h1-2,7H,3-6H2. The van der Waals surface area contributed by atoms with Crippen molar-refractivity contribution in [3.8, 4) is 0 Å². The molecule has 0 aliphatic carbocycles. The lowest BCUT2D eigenvalue weighted by Gasteiger charge is -2.25. The molecular formula is C12H11F3N2OS. The van der Waals surface area contributed by atoms with Crippen molar-refractivity contribution in [3.05, 3.63) is 23.8 Å². The number of morpholine rings is 1. The molecule has 2 heterocycles. The third kappa shape index (κ3) is 2.52. The van der Waals surface area contributed by atoms with Crippen molar-refractivity contribution in [2.24, 2.45) is 0 Å². The molecule has 3 nitrogen and oxygen atoms in total. The van der Waals surface area contributed by atoms with Gasteiger partial charge in [-0.05, 0) is 18.2 Å². The maximum atomic E-state index is 12.6. The minimum Gasteiger partial charge on any atom is -0.378 e. The molecular weight excluding hydrogens is 277 g/mol. The van der Waals surface area contributed by atoms with Gasteiger partial charge in [-0.3, -0.25) is 0 Å². The number of fused-ring (bicyclic) bond motifs is 1. The fourth-order valence-electron chi connectivity index (χ4n) is 1.98. The second kappa shape index (κ2) is 4.64. The van der Waals surface area contributed by atoms with Gasteiger partial charge in [0.2, 0.25) is 0 Å². The van der Waals surface area contributed by atoms with Gasteiger partial charge in [-0.2, -0.15) is 13.2 Å². The van der Waals surface area contributed by atoms with E-state index in [-0.39, 0.29) is 0 Å². The van der Waals surface area contributed by atoms with Crippen LogP contribution in [-0.4, -0.2) is 31.3 Å². The Morgan fingerprint density at radius 2 is 1.95 bits per heavy atom. The van der Waals surface area contributed by atoms with Crippen molar-refractivity contribution in [2.75, 3.05) is 31.2 Å². The van der Waals surface area contributed by atoms with Gasteiger partial charge in [0.15, 0.2) is 5.13 Å². The van der Waals surface area contributed by atoms with Crippen molar-refractivity contribution in [2.45, 2.75) is 6.18 Å². The molecule has 0 atom stereocenters. The Morgan fingerprint density at radius 1 is 1.21 bits per heavy atom. The lowest BCUT2D eigenvalue weighted by molar-refractivity contribution is -0.137. The van der Waals surface area contributed by atoms with Gasteiger partial charge >= 0.3 is 6.18 Å². The van der Waals surface area contributed by atoms with Crippen molar-refractivity contribution in [1.82, 2.24) is 4.98 Å². The summed E-state index contributed by atoms with van der Waals surface area (Å²) in [6.45, 7) is 2.71. The van der Waals surface area contributed by atoms with Gasteiger partial charge in [-0.1, -0.05) is 11.3 Å². The van der Waals surface area contributed by atoms with Crippen molar-refractivity contribution >= 4 is 26.7 Å². The third-order valence-corrected chi connectivity index (χ3v) is 4.07. The molecule has 19 heavy (non-hydrogen) atoms. The summed E-state index contributed by atoms with van der Waals surface area (Å²) < 4.78 is 43.7. The maximum Gasteiger partial charge on any atom is 0.416 e. The summed E-state index contributed by atoms with van der Waals surface area (Å²) in [5.74, 6) is 0. The Bertz CT molecular complexity index is 590. The Morgan fingerprint density at radius 3 is 2.63 bits per heavy atom. The number of hydrogen-bond donors (Lipinski definition) is 0. The highest BCUT2D eigenvalue weighted by molar-refractivity contribution is 7.22. The molecule has 102 valence electrons. The molecule has 1 saturated heterocycles. The summed E-state index contributed by atoms with van der Waals surface area (Å²) in [6, 6.07) is 3.67. The monoisotopic (exact) mass is 288 g/mol. The number of hydrogen-bond acceptors (Lipinski definition) is 4. The Labute approximate surface area is 111 Å². The van der Waals surface area contributed by atoms with E-state index < -0.39 is 11.7 Å². The van der Waals surface area contributed by atoms with Crippen LogP contribution in [0.15, 0.2) is 18.2 Å². The molecule has 0 radical (unpaired) electrons. The molecule has 0 N–H and O–H groups in total. The SMILES string of the molecule is FC(F)(F)c1ccc2nc(N3CCOCC3)sc2c1. The fraction of sp³-hybridized carbons (Fsp3) is 0.417. The average molecular weight is 288 g/mol. The van der Waals surface area contributed by atoms with E-state index in [1.165, 1.54) is 17.4 Å². The molecule has 1 aromatic carbocycles. The predicted octanol–water partition coefficient (Wildman–Crippen LogP) is 3.15. The number of rotatable bonds is 1. The zero-order valence-corrected chi connectivity index (χ0v) is 10.7. The molecule has 1 aliphatic heterocycles. The normalized spacial score (nSPS) is 17.1. The first-order chi connectivity index (χ1) is 9.04. The van der Waals surface area contributed by atoms with Gasteiger partial charge in [0.05, 0.1) is 29.0 Å². The molecule has 1 aliphatic rings. The van der Waals surface area contributed by atoms with Crippen LogP contribution in [-0.2, 0) is 10.9 Å². The highest BCUT2D eigenvalue weighted by atomic mass is 32.1. The van der Waals surface area contributed by atoms with Crippen LogP contribution in [0.25, 0.3) is 10.2 Å². The Balaban J connectivity index is 1.96. The van der Waals surface area contributed by atoms with Crippen LogP contribution in [0.2, 0.25) is 0 Å². The lowest BCUT2D eigenvalue weighted by atomic mass is 10.2. The number of thiazole rings is 1. The predicted molar refractivity (Wildman–Crippen MR) is 67.7 cm³/mol. The minimum absolute atomic E-state index is 0.566. The lowest BCUT2D eigenvalue weighted by Crippen LogP contribution is -2.36. The van der Waals surface area contributed by atoms with E-state index in [1.807, 2.05) is 4.90 Å². The summed E-state index contributed by atoms with van der Waals surface area (Å²) >= 11 is 1.29. The highest BCUT2D eigenvalue weighted by Gasteiger charge is 2.30. The fourth-order valence-corrected chi connectivity index (χ4v) is 3.04. The quantitative estimate of drug-likeness (QED) is 0.806. The summed E-state index contributed by atoms with van der Waals surface area (Å²) in [5.41, 5.74) is -0.0170. The van der Waals surface area contributed by atoms with E-state index in [9.17, 15) is 13.2 Å². The van der Waals surface area contributed by atoms with Gasteiger partial charge in [0, 0.05) is 13.1 Å². The van der Waals surface area contributed by atoms with Gasteiger partial charge in [0.25, 0.3) is 0 Å². The zero-order valence-electron chi connectivity index (χ0n) is 9.91. The maximum absolute atomic E-state index is 12.6. The zero-order chi connectivity index (χ0) is 13.5. The van der Waals surface area contributed by atoms with Gasteiger partial charge in [-0.25, -0.2) is 4.98 Å². The van der Waals surface area contributed by atoms with Gasteiger partial charge in [0.1, 0.15) is 0 Å². The van der Waals surface area contributed by atoms with E-state index in [4.69, 9.17) is 4.74 Å². The van der Waals surface area contributed by atoms with Crippen LogP contribution >= 0.6 is 11.3 Å². The largest absolute Gasteiger partial charge is 0.416 e. The smallest absolute Gasteiger partial charge is 0.378 e. The topological polar surface area (TPSA) is 25.4 Å². The second-order valence-electron chi connectivity index (χ2n) is 4.28. The third-order valence-electron chi connectivity index (χ3n) is 2.99. The number of alkyl halides is 3. The molecule has 2 aromatic rings. The van der Waals surface area contributed by atoms with Crippen molar-refractivity contribution in [3.63, 3.8) is 0 Å². The highest BCUT2D eigenvalue weighted by Crippen LogP contribution is 2.35. The summed E-state index contributed by atoms with van der Waals surface area (Å²) in [6.07, 6.45) is -4.31. The molecule has 0 saturated carbocycles. The number of benzene rings is 1. The summed E-state index contributed by atoms with van der Waals surface area (Å²) in [5, 5.41) is 0.762. The van der Waals surface area contributed by atoms with Crippen LogP contribution in [0.3, 0.4) is 0 Å². The number of halogens is 3. The number of nitrogens with zero attached hydrogens (tertiary/aromatic N) is 2. The molecule has 0 spiro atoms. The first-order valence-electron chi connectivity index (χ1n) is 5.84. The molecule has 0 unspecified atom stereocenters. The van der Waals surface area contributed by atoms with E-state index >= 15 is 0 Å². The van der Waals surface area contributed by atoms with Crippen LogP contribution in [0.5, 0.6) is 0 Å². The Kier molecular flexibility index (Phi) is 3.10. The number of anilines is 1. The van der Waals surface area contributed by atoms with Crippen LogP contribution in [0.4, 0.5) is 18.3 Å². The van der Waals surface area contributed by atoms with Crippen molar-refractivity contribution < 1.29 is 17.9 Å². The second-order valence-corrected chi connectivity index (χ2v) is 5.29. The van der Waals surface area contributed by atoms with E-state index in [2.05, 4.69) is 4.98 Å². The summed E-state index contributed by atoms with van der Waals surface area (Å²) in [7, 11) is 0. The van der Waals surface area contributed by atoms with E-state index in [0.29, 0.717) is 23.4 Å². The first-order valence-corrected chi connectivity index (χ1v) is 6.66. The average Bonchev–Trinajstić information content (AvgIpc) is 2.81. The molecule has 0 amide bonds. The Hall–Kier alpha value is -1.34. The molecule has 3 rings (SSSR count). The van der Waals surface area contributed by atoms with Crippen LogP contribution in [0, 0.1) is 0 Å². The summed E-state index contributed by atoms with van der Waals surface area (Å²) in [4.78, 5) is 6.42. The van der Waals surface area contributed by atoms with E-state index in [1.54, 1.807) is 0 Å². The molecule has 1 aromatic heterocycles. The van der Waals surface area contributed by atoms with E-state index in [0.717, 1.165) is 30.4 Å². The number of aromatic nitrogens is 1.